The van der Waals surface area contributed by atoms with E-state index < -0.39 is 28.3 Å². The molecule has 1 unspecified atom stereocenters. The number of likely N-dealkylation sites (N-methyl/N-ethyl adjacent to an activating group) is 1. The molecule has 0 radical (unpaired) electrons. The van der Waals surface area contributed by atoms with E-state index in [9.17, 15) is 18.0 Å². The van der Waals surface area contributed by atoms with Gasteiger partial charge in [0.05, 0.1) is 11.5 Å². The van der Waals surface area contributed by atoms with Crippen LogP contribution >= 0.6 is 0 Å². The molecule has 1 heterocycles. The summed E-state index contributed by atoms with van der Waals surface area (Å²) in [7, 11) is -3.09. The number of amides is 1. The molecule has 0 aromatic heterocycles. The van der Waals surface area contributed by atoms with E-state index in [1.54, 1.807) is 6.92 Å². The van der Waals surface area contributed by atoms with Gasteiger partial charge < -0.3 is 14.4 Å². The van der Waals surface area contributed by atoms with Gasteiger partial charge >= 0.3 is 5.97 Å². The molecule has 1 saturated heterocycles. The second-order valence-electron chi connectivity index (χ2n) is 6.91. The molecule has 8 heteroatoms. The van der Waals surface area contributed by atoms with Crippen LogP contribution in [0.25, 0.3) is 0 Å². The monoisotopic (exact) mass is 397 g/mol. The minimum Gasteiger partial charge on any atom is -0.481 e. The summed E-state index contributed by atoms with van der Waals surface area (Å²) in [4.78, 5) is 25.7. The summed E-state index contributed by atoms with van der Waals surface area (Å²) in [5, 5.41) is 0. The number of hydrogen-bond donors (Lipinski definition) is 0. The van der Waals surface area contributed by atoms with Gasteiger partial charge in [-0.2, -0.15) is 0 Å². The van der Waals surface area contributed by atoms with Gasteiger partial charge in [-0.05, 0) is 45.2 Å². The highest BCUT2D eigenvalue weighted by molar-refractivity contribution is 7.91. The molecule has 1 fully saturated rings. The van der Waals surface area contributed by atoms with Crippen molar-refractivity contribution in [3.8, 4) is 5.75 Å². The summed E-state index contributed by atoms with van der Waals surface area (Å²) in [5.41, 5.74) is 2.96. The lowest BCUT2D eigenvalue weighted by atomic mass is 10.1. The number of esters is 1. The van der Waals surface area contributed by atoms with Crippen LogP contribution < -0.4 is 4.74 Å². The molecule has 2 rings (SSSR count). The third-order valence-electron chi connectivity index (χ3n) is 4.61. The minimum atomic E-state index is -3.09. The van der Waals surface area contributed by atoms with Gasteiger partial charge in [0.15, 0.2) is 23.1 Å². The van der Waals surface area contributed by atoms with Crippen LogP contribution in [0.5, 0.6) is 5.75 Å². The Kier molecular flexibility index (Phi) is 6.86. The molecule has 0 N–H and O–H groups in total. The summed E-state index contributed by atoms with van der Waals surface area (Å²) in [6.07, 6.45) is 0.422. The largest absolute Gasteiger partial charge is 0.481 e. The first-order valence-electron chi connectivity index (χ1n) is 8.99. The van der Waals surface area contributed by atoms with E-state index in [4.69, 9.17) is 9.47 Å². The minimum absolute atomic E-state index is 0.0321. The number of rotatable bonds is 7. The summed E-state index contributed by atoms with van der Waals surface area (Å²) in [5.74, 6) is -0.344. The van der Waals surface area contributed by atoms with Crippen LogP contribution in [0.2, 0.25) is 0 Å². The molecule has 27 heavy (non-hydrogen) atoms. The fourth-order valence-corrected chi connectivity index (χ4v) is 5.18. The Labute approximate surface area is 160 Å². The average Bonchev–Trinajstić information content (AvgIpc) is 2.92. The lowest BCUT2D eigenvalue weighted by Crippen LogP contribution is -2.43. The predicted octanol–water partition coefficient (Wildman–Crippen LogP) is 1.57. The molecular weight excluding hydrogens is 370 g/mol. The number of ether oxygens (including phenoxy) is 2. The van der Waals surface area contributed by atoms with Crippen LogP contribution in [0.1, 0.15) is 30.0 Å². The zero-order valence-electron chi connectivity index (χ0n) is 16.3. The molecule has 0 saturated carbocycles. The third-order valence-corrected chi connectivity index (χ3v) is 6.36. The van der Waals surface area contributed by atoms with Crippen LogP contribution in [0.3, 0.4) is 0 Å². The number of carbonyl (C=O) groups excluding carboxylic acids is 2. The molecule has 7 nitrogen and oxygen atoms in total. The van der Waals surface area contributed by atoms with E-state index in [0.29, 0.717) is 18.7 Å². The van der Waals surface area contributed by atoms with Gasteiger partial charge in [-0.3, -0.25) is 4.79 Å². The van der Waals surface area contributed by atoms with Crippen LogP contribution in [-0.4, -0.2) is 62.5 Å². The fraction of sp³-hybridized carbons (Fsp3) is 0.579. The second-order valence-corrected chi connectivity index (χ2v) is 9.14. The maximum absolute atomic E-state index is 12.3. The highest BCUT2D eigenvalue weighted by Crippen LogP contribution is 2.24. The van der Waals surface area contributed by atoms with Crippen LogP contribution in [-0.2, 0) is 24.2 Å². The Morgan fingerprint density at radius 1 is 1.15 bits per heavy atom. The van der Waals surface area contributed by atoms with Crippen molar-refractivity contribution in [2.24, 2.45) is 0 Å². The summed E-state index contributed by atoms with van der Waals surface area (Å²) in [6.45, 7) is 7.22. The maximum Gasteiger partial charge on any atom is 0.344 e. The van der Waals surface area contributed by atoms with Gasteiger partial charge in [-0.15, -0.1) is 0 Å². The zero-order valence-corrected chi connectivity index (χ0v) is 17.1. The lowest BCUT2D eigenvalue weighted by Gasteiger charge is -2.26. The van der Waals surface area contributed by atoms with E-state index in [0.717, 1.165) is 16.7 Å². The molecular formula is C19H27NO6S. The van der Waals surface area contributed by atoms with Crippen LogP contribution in [0, 0.1) is 20.8 Å². The van der Waals surface area contributed by atoms with E-state index in [1.165, 1.54) is 4.90 Å². The van der Waals surface area contributed by atoms with Gasteiger partial charge in [0, 0.05) is 12.6 Å². The summed E-state index contributed by atoms with van der Waals surface area (Å²) < 4.78 is 33.8. The standard InChI is InChI=1S/C19H27NO6S/c1-5-20(16-6-7-27(23,24)12-16)17(21)10-25-18(22)11-26-19-14(3)8-13(2)9-15(19)4/h8-9,16H,5-7,10-12H2,1-4H3. The number of nitrogens with zero attached hydrogens (tertiary/aromatic N) is 1. The van der Waals surface area contributed by atoms with E-state index in [2.05, 4.69) is 0 Å². The van der Waals surface area contributed by atoms with Crippen molar-refractivity contribution in [1.29, 1.82) is 0 Å². The maximum atomic E-state index is 12.3. The lowest BCUT2D eigenvalue weighted by molar-refractivity contribution is -0.154. The first kappa shape index (κ1) is 21.2. The molecule has 1 atom stereocenters. The number of benzene rings is 1. The number of carbonyl (C=O) groups is 2. The Bertz CT molecular complexity index is 794. The van der Waals surface area contributed by atoms with Crippen molar-refractivity contribution >= 4 is 21.7 Å². The van der Waals surface area contributed by atoms with Crippen molar-refractivity contribution in [1.82, 2.24) is 4.90 Å². The molecule has 1 aliphatic rings. The second kappa shape index (κ2) is 8.73. The molecule has 0 spiro atoms. The molecule has 1 aliphatic heterocycles. The van der Waals surface area contributed by atoms with Crippen molar-refractivity contribution in [3.05, 3.63) is 28.8 Å². The molecule has 1 aromatic carbocycles. The fourth-order valence-electron chi connectivity index (χ4n) is 3.45. The van der Waals surface area contributed by atoms with Crippen LogP contribution in [0.15, 0.2) is 12.1 Å². The first-order chi connectivity index (χ1) is 12.6. The Balaban J connectivity index is 1.85. The molecule has 1 amide bonds. The molecule has 1 aromatic rings. The Morgan fingerprint density at radius 2 is 1.78 bits per heavy atom. The first-order valence-corrected chi connectivity index (χ1v) is 10.8. The van der Waals surface area contributed by atoms with E-state index >= 15 is 0 Å². The van der Waals surface area contributed by atoms with Crippen molar-refractivity contribution < 1.29 is 27.5 Å². The van der Waals surface area contributed by atoms with E-state index in [-0.39, 0.29) is 24.2 Å². The van der Waals surface area contributed by atoms with Gasteiger partial charge in [0.1, 0.15) is 5.75 Å². The highest BCUT2D eigenvalue weighted by Gasteiger charge is 2.34. The van der Waals surface area contributed by atoms with Gasteiger partial charge in [0.2, 0.25) is 0 Å². The summed E-state index contributed by atoms with van der Waals surface area (Å²) >= 11 is 0. The normalized spacial score (nSPS) is 18.1. The number of sulfone groups is 1. The summed E-state index contributed by atoms with van der Waals surface area (Å²) in [6, 6.07) is 3.58. The van der Waals surface area contributed by atoms with Crippen LogP contribution in [0.4, 0.5) is 0 Å². The predicted molar refractivity (Wildman–Crippen MR) is 102 cm³/mol. The third kappa shape index (κ3) is 5.69. The van der Waals surface area contributed by atoms with Gasteiger partial charge in [-0.1, -0.05) is 17.7 Å². The SMILES string of the molecule is CCN(C(=O)COC(=O)COc1c(C)cc(C)cc1C)C1CCS(=O)(=O)C1. The smallest absolute Gasteiger partial charge is 0.344 e. The molecule has 150 valence electrons. The topological polar surface area (TPSA) is 90.0 Å². The Hall–Kier alpha value is -2.09. The molecule has 0 aliphatic carbocycles. The highest BCUT2D eigenvalue weighted by atomic mass is 32.2. The van der Waals surface area contributed by atoms with E-state index in [1.807, 2.05) is 32.9 Å². The quantitative estimate of drug-likeness (QED) is 0.649. The zero-order chi connectivity index (χ0) is 20.2. The molecule has 0 bridgehead atoms. The van der Waals surface area contributed by atoms with Gasteiger partial charge in [-0.25, -0.2) is 13.2 Å². The average molecular weight is 397 g/mol. The Morgan fingerprint density at radius 3 is 2.30 bits per heavy atom. The number of aryl methyl sites for hydroxylation is 3. The van der Waals surface area contributed by atoms with Crippen molar-refractivity contribution in [2.45, 2.75) is 40.2 Å². The van der Waals surface area contributed by atoms with Gasteiger partial charge in [0.25, 0.3) is 5.91 Å². The van der Waals surface area contributed by atoms with Crippen molar-refractivity contribution in [3.63, 3.8) is 0 Å². The number of hydrogen-bond acceptors (Lipinski definition) is 6. The van der Waals surface area contributed by atoms with Crippen molar-refractivity contribution in [2.75, 3.05) is 31.3 Å².